The summed E-state index contributed by atoms with van der Waals surface area (Å²) in [5, 5.41) is 6.76. The molecular formula is C24H36N4. The maximum absolute atomic E-state index is 3.38. The molecule has 0 saturated carbocycles. The number of piperazine rings is 2. The molecule has 2 aromatic carbocycles. The minimum absolute atomic E-state index is 1.11. The number of nitrogens with zero attached hydrogens (tertiary/aromatic N) is 2. The average molecular weight is 381 g/mol. The number of nitrogens with one attached hydrogen (secondary N) is 2. The smallest absolute Gasteiger partial charge is 0.0399 e. The SMILES string of the molecule is CCc1ccccc1N1CCNCC1.CCc1ccccc1N1CCNCC1. The molecule has 2 N–H and O–H groups in total. The summed E-state index contributed by atoms with van der Waals surface area (Å²) in [6.07, 6.45) is 2.25. The number of hydrogen-bond acceptors (Lipinski definition) is 4. The van der Waals surface area contributed by atoms with Crippen molar-refractivity contribution in [2.75, 3.05) is 62.2 Å². The van der Waals surface area contributed by atoms with Gasteiger partial charge in [-0.15, -0.1) is 0 Å². The van der Waals surface area contributed by atoms with Gasteiger partial charge in [-0.3, -0.25) is 0 Å². The maximum Gasteiger partial charge on any atom is 0.0399 e. The first kappa shape index (κ1) is 20.7. The van der Waals surface area contributed by atoms with Crippen LogP contribution < -0.4 is 20.4 Å². The molecule has 152 valence electrons. The number of para-hydroxylation sites is 2. The van der Waals surface area contributed by atoms with Gasteiger partial charge in [0.05, 0.1) is 0 Å². The van der Waals surface area contributed by atoms with Crippen molar-refractivity contribution in [1.82, 2.24) is 10.6 Å². The lowest BCUT2D eigenvalue weighted by atomic mass is 10.1. The molecule has 4 rings (SSSR count). The molecule has 28 heavy (non-hydrogen) atoms. The van der Waals surface area contributed by atoms with Crippen LogP contribution in [-0.2, 0) is 12.8 Å². The van der Waals surface area contributed by atoms with Crippen LogP contribution in [0.2, 0.25) is 0 Å². The summed E-state index contributed by atoms with van der Waals surface area (Å²) in [6.45, 7) is 13.4. The fourth-order valence-corrected chi connectivity index (χ4v) is 4.05. The Labute approximate surface area is 170 Å². The molecule has 2 aliphatic heterocycles. The molecule has 2 saturated heterocycles. The van der Waals surface area contributed by atoms with Crippen molar-refractivity contribution < 1.29 is 0 Å². The van der Waals surface area contributed by atoms with Gasteiger partial charge in [0.1, 0.15) is 0 Å². The molecule has 0 bridgehead atoms. The standard InChI is InChI=1S/2C12H18N2/c2*1-2-11-5-3-4-6-12(11)14-9-7-13-8-10-14/h2*3-6,13H,2,7-10H2,1H3. The van der Waals surface area contributed by atoms with Crippen molar-refractivity contribution in [1.29, 1.82) is 0 Å². The first-order valence-electron chi connectivity index (χ1n) is 10.9. The highest BCUT2D eigenvalue weighted by molar-refractivity contribution is 5.54. The fourth-order valence-electron chi connectivity index (χ4n) is 4.05. The molecule has 0 aliphatic carbocycles. The predicted octanol–water partition coefficient (Wildman–Crippen LogP) is 3.32. The van der Waals surface area contributed by atoms with Crippen LogP contribution in [0.25, 0.3) is 0 Å². The zero-order valence-electron chi connectivity index (χ0n) is 17.6. The number of anilines is 2. The van der Waals surface area contributed by atoms with Gasteiger partial charge in [0.15, 0.2) is 0 Å². The third-order valence-corrected chi connectivity index (χ3v) is 5.66. The Morgan fingerprint density at radius 2 is 0.964 bits per heavy atom. The van der Waals surface area contributed by atoms with Gasteiger partial charge in [0.25, 0.3) is 0 Å². The van der Waals surface area contributed by atoms with Crippen molar-refractivity contribution in [2.24, 2.45) is 0 Å². The fraction of sp³-hybridized carbons (Fsp3) is 0.500. The highest BCUT2D eigenvalue weighted by Crippen LogP contribution is 2.21. The van der Waals surface area contributed by atoms with E-state index >= 15 is 0 Å². The second-order valence-electron chi connectivity index (χ2n) is 7.44. The van der Waals surface area contributed by atoms with Crippen LogP contribution in [0, 0.1) is 0 Å². The topological polar surface area (TPSA) is 30.5 Å². The van der Waals surface area contributed by atoms with E-state index < -0.39 is 0 Å². The molecule has 0 aromatic heterocycles. The average Bonchev–Trinajstić information content (AvgIpc) is 2.80. The largest absolute Gasteiger partial charge is 0.369 e. The van der Waals surface area contributed by atoms with E-state index in [1.165, 1.54) is 22.5 Å². The van der Waals surface area contributed by atoms with Crippen LogP contribution >= 0.6 is 0 Å². The third kappa shape index (κ3) is 5.49. The van der Waals surface area contributed by atoms with Gasteiger partial charge < -0.3 is 20.4 Å². The first-order chi connectivity index (χ1) is 13.8. The van der Waals surface area contributed by atoms with Crippen LogP contribution in [0.15, 0.2) is 48.5 Å². The van der Waals surface area contributed by atoms with Crippen LogP contribution in [0.3, 0.4) is 0 Å². The molecule has 2 heterocycles. The Bertz CT molecular complexity index is 642. The second-order valence-corrected chi connectivity index (χ2v) is 7.44. The Hall–Kier alpha value is -2.04. The van der Waals surface area contributed by atoms with Gasteiger partial charge in [-0.05, 0) is 36.1 Å². The summed E-state index contributed by atoms with van der Waals surface area (Å²) >= 11 is 0. The van der Waals surface area contributed by atoms with E-state index in [4.69, 9.17) is 0 Å². The van der Waals surface area contributed by atoms with Crippen LogP contribution in [-0.4, -0.2) is 52.4 Å². The van der Waals surface area contributed by atoms with Crippen LogP contribution in [0.1, 0.15) is 25.0 Å². The maximum atomic E-state index is 3.38. The lowest BCUT2D eigenvalue weighted by Crippen LogP contribution is -2.43. The molecular weight excluding hydrogens is 344 g/mol. The zero-order chi connectivity index (χ0) is 19.6. The quantitative estimate of drug-likeness (QED) is 0.852. The molecule has 2 fully saturated rings. The van der Waals surface area contributed by atoms with E-state index in [0.29, 0.717) is 0 Å². The number of benzene rings is 2. The summed E-state index contributed by atoms with van der Waals surface area (Å²) in [4.78, 5) is 4.96. The van der Waals surface area contributed by atoms with Gasteiger partial charge >= 0.3 is 0 Å². The highest BCUT2D eigenvalue weighted by Gasteiger charge is 2.13. The number of hydrogen-bond donors (Lipinski definition) is 2. The van der Waals surface area contributed by atoms with E-state index in [1.807, 2.05) is 0 Å². The lowest BCUT2D eigenvalue weighted by molar-refractivity contribution is 0.588. The van der Waals surface area contributed by atoms with Crippen LogP contribution in [0.4, 0.5) is 11.4 Å². The lowest BCUT2D eigenvalue weighted by Gasteiger charge is -2.31. The Balaban J connectivity index is 0.000000161. The summed E-state index contributed by atoms with van der Waals surface area (Å²) in [7, 11) is 0. The van der Waals surface area contributed by atoms with E-state index in [0.717, 1.165) is 65.2 Å². The van der Waals surface area contributed by atoms with Crippen molar-refractivity contribution in [3.8, 4) is 0 Å². The van der Waals surface area contributed by atoms with Gasteiger partial charge in [-0.25, -0.2) is 0 Å². The second kappa shape index (κ2) is 11.1. The third-order valence-electron chi connectivity index (χ3n) is 5.66. The molecule has 4 heteroatoms. The predicted molar refractivity (Wildman–Crippen MR) is 122 cm³/mol. The van der Waals surface area contributed by atoms with Crippen LogP contribution in [0.5, 0.6) is 0 Å². The zero-order valence-corrected chi connectivity index (χ0v) is 17.6. The minimum atomic E-state index is 1.11. The Morgan fingerprint density at radius 1 is 0.607 bits per heavy atom. The normalized spacial score (nSPS) is 17.1. The van der Waals surface area contributed by atoms with Crippen molar-refractivity contribution in [3.05, 3.63) is 59.7 Å². The first-order valence-corrected chi connectivity index (χ1v) is 10.9. The molecule has 0 spiro atoms. The molecule has 2 aliphatic rings. The monoisotopic (exact) mass is 380 g/mol. The summed E-state index contributed by atoms with van der Waals surface area (Å²) in [6, 6.07) is 17.5. The van der Waals surface area contributed by atoms with Crippen molar-refractivity contribution in [3.63, 3.8) is 0 Å². The number of rotatable bonds is 4. The molecule has 2 aromatic rings. The number of aryl methyl sites for hydroxylation is 2. The van der Waals surface area contributed by atoms with E-state index in [-0.39, 0.29) is 0 Å². The molecule has 0 amide bonds. The van der Waals surface area contributed by atoms with Gasteiger partial charge in [0.2, 0.25) is 0 Å². The van der Waals surface area contributed by atoms with E-state index in [9.17, 15) is 0 Å². The minimum Gasteiger partial charge on any atom is -0.369 e. The molecule has 4 nitrogen and oxygen atoms in total. The Morgan fingerprint density at radius 3 is 1.32 bits per heavy atom. The van der Waals surface area contributed by atoms with Gasteiger partial charge in [0, 0.05) is 63.7 Å². The van der Waals surface area contributed by atoms with Crippen molar-refractivity contribution >= 4 is 11.4 Å². The van der Waals surface area contributed by atoms with E-state index in [2.05, 4.69) is 82.8 Å². The highest BCUT2D eigenvalue weighted by atomic mass is 15.2. The van der Waals surface area contributed by atoms with Gasteiger partial charge in [-0.2, -0.15) is 0 Å². The molecule has 0 radical (unpaired) electrons. The van der Waals surface area contributed by atoms with E-state index in [1.54, 1.807) is 0 Å². The summed E-state index contributed by atoms with van der Waals surface area (Å²) < 4.78 is 0. The van der Waals surface area contributed by atoms with Gasteiger partial charge in [-0.1, -0.05) is 50.2 Å². The molecule has 0 atom stereocenters. The Kier molecular flexibility index (Phi) is 8.19. The molecule has 0 unspecified atom stereocenters. The summed E-state index contributed by atoms with van der Waals surface area (Å²) in [5.41, 5.74) is 5.79. The summed E-state index contributed by atoms with van der Waals surface area (Å²) in [5.74, 6) is 0. The van der Waals surface area contributed by atoms with Crippen molar-refractivity contribution in [2.45, 2.75) is 26.7 Å².